The summed E-state index contributed by atoms with van der Waals surface area (Å²) in [6.07, 6.45) is 0. The van der Waals surface area contributed by atoms with Crippen LogP contribution in [0, 0.1) is 13.8 Å². The molecule has 7 heteroatoms. The number of amides is 2. The first-order chi connectivity index (χ1) is 13.4. The number of nitrogens with one attached hydrogen (secondary N) is 1. The fourth-order valence-electron chi connectivity index (χ4n) is 2.92. The fourth-order valence-corrected chi connectivity index (χ4v) is 2.92. The molecule has 3 aromatic rings. The number of ether oxygens (including phenoxy) is 1. The molecule has 1 aromatic heterocycles. The van der Waals surface area contributed by atoms with Crippen LogP contribution in [0.15, 0.2) is 54.6 Å². The van der Waals surface area contributed by atoms with E-state index >= 15 is 0 Å². The van der Waals surface area contributed by atoms with Crippen LogP contribution in [0.1, 0.15) is 27.3 Å². The zero-order valence-corrected chi connectivity index (χ0v) is 15.8. The topological polar surface area (TPSA) is 99.2 Å². The van der Waals surface area contributed by atoms with Crippen molar-refractivity contribution >= 4 is 17.5 Å². The number of hydrogen-bond donors (Lipinski definition) is 2. The van der Waals surface area contributed by atoms with Crippen LogP contribution < -0.4 is 15.8 Å². The van der Waals surface area contributed by atoms with E-state index in [0.717, 1.165) is 11.3 Å². The van der Waals surface area contributed by atoms with Gasteiger partial charge in [-0.2, -0.15) is 5.10 Å². The van der Waals surface area contributed by atoms with Gasteiger partial charge in [0.15, 0.2) is 6.61 Å². The van der Waals surface area contributed by atoms with Gasteiger partial charge in [-0.05, 0) is 43.7 Å². The highest BCUT2D eigenvalue weighted by atomic mass is 16.5. The standard InChI is InChI=1S/C21H22N4O3/c1-14-20(15(2)25(24-14)12-16-6-4-3-5-7-16)21(27)23-17-8-10-18(11-9-17)28-13-19(22)26/h3-11H,12-13H2,1-2H3,(H2,22,26)(H,23,27). The lowest BCUT2D eigenvalue weighted by Gasteiger charge is -2.08. The van der Waals surface area contributed by atoms with Crippen molar-refractivity contribution in [3.8, 4) is 5.75 Å². The Morgan fingerprint density at radius 3 is 2.39 bits per heavy atom. The van der Waals surface area contributed by atoms with Gasteiger partial charge in [-0.25, -0.2) is 0 Å². The fraction of sp³-hybridized carbons (Fsp3) is 0.190. The first kappa shape index (κ1) is 19.2. The number of nitrogens with two attached hydrogens (primary N) is 1. The molecule has 0 aliphatic carbocycles. The number of primary amides is 1. The third kappa shape index (κ3) is 4.56. The normalized spacial score (nSPS) is 10.5. The number of rotatable bonds is 7. The zero-order valence-electron chi connectivity index (χ0n) is 15.8. The summed E-state index contributed by atoms with van der Waals surface area (Å²) in [4.78, 5) is 23.5. The lowest BCUT2D eigenvalue weighted by molar-refractivity contribution is -0.119. The van der Waals surface area contributed by atoms with Crippen LogP contribution in [0.25, 0.3) is 0 Å². The molecule has 0 unspecified atom stereocenters. The van der Waals surface area contributed by atoms with Crippen LogP contribution >= 0.6 is 0 Å². The van der Waals surface area contributed by atoms with Gasteiger partial charge in [-0.1, -0.05) is 30.3 Å². The number of anilines is 1. The molecule has 2 amide bonds. The maximum Gasteiger partial charge on any atom is 0.259 e. The molecule has 0 saturated carbocycles. The Morgan fingerprint density at radius 2 is 1.75 bits per heavy atom. The highest BCUT2D eigenvalue weighted by molar-refractivity contribution is 6.05. The maximum absolute atomic E-state index is 12.8. The van der Waals surface area contributed by atoms with Gasteiger partial charge in [-0.3, -0.25) is 14.3 Å². The van der Waals surface area contributed by atoms with E-state index in [2.05, 4.69) is 10.4 Å². The number of carbonyl (C=O) groups excluding carboxylic acids is 2. The van der Waals surface area contributed by atoms with E-state index in [4.69, 9.17) is 10.5 Å². The summed E-state index contributed by atoms with van der Waals surface area (Å²) in [5.41, 5.74) is 8.82. The molecular weight excluding hydrogens is 356 g/mol. The van der Waals surface area contributed by atoms with Crippen LogP contribution in [-0.4, -0.2) is 28.2 Å². The van der Waals surface area contributed by atoms with E-state index < -0.39 is 5.91 Å². The SMILES string of the molecule is Cc1nn(Cc2ccccc2)c(C)c1C(=O)Nc1ccc(OCC(N)=O)cc1. The molecule has 0 spiro atoms. The molecule has 1 heterocycles. The monoisotopic (exact) mass is 378 g/mol. The average molecular weight is 378 g/mol. The van der Waals surface area contributed by atoms with Crippen molar-refractivity contribution in [3.05, 3.63) is 77.1 Å². The van der Waals surface area contributed by atoms with Crippen molar-refractivity contribution in [2.45, 2.75) is 20.4 Å². The third-order valence-electron chi connectivity index (χ3n) is 4.28. The van der Waals surface area contributed by atoms with E-state index in [9.17, 15) is 9.59 Å². The molecule has 0 aliphatic heterocycles. The molecule has 7 nitrogen and oxygen atoms in total. The van der Waals surface area contributed by atoms with E-state index in [1.807, 2.05) is 48.9 Å². The summed E-state index contributed by atoms with van der Waals surface area (Å²) in [7, 11) is 0. The predicted molar refractivity (Wildman–Crippen MR) is 106 cm³/mol. The van der Waals surface area contributed by atoms with Crippen molar-refractivity contribution in [2.24, 2.45) is 5.73 Å². The van der Waals surface area contributed by atoms with E-state index in [-0.39, 0.29) is 12.5 Å². The molecule has 144 valence electrons. The number of carbonyl (C=O) groups is 2. The molecule has 0 atom stereocenters. The summed E-state index contributed by atoms with van der Waals surface area (Å²) in [6, 6.07) is 16.7. The van der Waals surface area contributed by atoms with Gasteiger partial charge in [0.1, 0.15) is 5.75 Å². The number of aryl methyl sites for hydroxylation is 1. The molecule has 0 saturated heterocycles. The van der Waals surface area contributed by atoms with Gasteiger partial charge in [0, 0.05) is 11.4 Å². The van der Waals surface area contributed by atoms with Crippen molar-refractivity contribution in [2.75, 3.05) is 11.9 Å². The Morgan fingerprint density at radius 1 is 1.07 bits per heavy atom. The van der Waals surface area contributed by atoms with Gasteiger partial charge < -0.3 is 15.8 Å². The smallest absolute Gasteiger partial charge is 0.259 e. The van der Waals surface area contributed by atoms with Crippen molar-refractivity contribution in [1.82, 2.24) is 9.78 Å². The number of benzene rings is 2. The van der Waals surface area contributed by atoms with E-state index in [0.29, 0.717) is 29.2 Å². The second kappa shape index (κ2) is 8.39. The Balaban J connectivity index is 1.71. The Hall–Kier alpha value is -3.61. The van der Waals surface area contributed by atoms with Crippen LogP contribution in [-0.2, 0) is 11.3 Å². The molecule has 3 rings (SSSR count). The van der Waals surface area contributed by atoms with E-state index in [1.165, 1.54) is 0 Å². The molecule has 28 heavy (non-hydrogen) atoms. The predicted octanol–water partition coefficient (Wildman–Crippen LogP) is 2.66. The number of nitrogens with zero attached hydrogens (tertiary/aromatic N) is 2. The molecule has 2 aromatic carbocycles. The highest BCUT2D eigenvalue weighted by Crippen LogP contribution is 2.19. The van der Waals surface area contributed by atoms with Gasteiger partial charge in [-0.15, -0.1) is 0 Å². The average Bonchev–Trinajstić information content (AvgIpc) is 2.95. The second-order valence-electron chi connectivity index (χ2n) is 6.42. The lowest BCUT2D eigenvalue weighted by atomic mass is 10.1. The second-order valence-corrected chi connectivity index (χ2v) is 6.42. The molecule has 0 aliphatic rings. The minimum Gasteiger partial charge on any atom is -0.484 e. The first-order valence-corrected chi connectivity index (χ1v) is 8.84. The van der Waals surface area contributed by atoms with Gasteiger partial charge in [0.05, 0.1) is 17.8 Å². The van der Waals surface area contributed by atoms with Gasteiger partial charge in [0.25, 0.3) is 11.8 Å². The van der Waals surface area contributed by atoms with Crippen LogP contribution in [0.3, 0.4) is 0 Å². The van der Waals surface area contributed by atoms with Crippen molar-refractivity contribution in [1.29, 1.82) is 0 Å². The Labute approximate surface area is 163 Å². The van der Waals surface area contributed by atoms with Crippen LogP contribution in [0.5, 0.6) is 5.75 Å². The summed E-state index contributed by atoms with van der Waals surface area (Å²) < 4.78 is 7.04. The highest BCUT2D eigenvalue weighted by Gasteiger charge is 2.19. The Bertz CT molecular complexity index is 979. The molecule has 3 N–H and O–H groups in total. The van der Waals surface area contributed by atoms with Gasteiger partial charge in [0.2, 0.25) is 0 Å². The Kier molecular flexibility index (Phi) is 5.74. The first-order valence-electron chi connectivity index (χ1n) is 8.84. The quantitative estimate of drug-likeness (QED) is 0.660. The molecule has 0 radical (unpaired) electrons. The molecule has 0 bridgehead atoms. The maximum atomic E-state index is 12.8. The van der Waals surface area contributed by atoms with E-state index in [1.54, 1.807) is 24.3 Å². The van der Waals surface area contributed by atoms with Crippen molar-refractivity contribution < 1.29 is 14.3 Å². The molecular formula is C21H22N4O3. The van der Waals surface area contributed by atoms with Crippen LogP contribution in [0.2, 0.25) is 0 Å². The summed E-state index contributed by atoms with van der Waals surface area (Å²) in [5, 5.41) is 7.38. The third-order valence-corrected chi connectivity index (χ3v) is 4.28. The molecule has 0 fully saturated rings. The minimum atomic E-state index is -0.546. The number of aromatic nitrogens is 2. The zero-order chi connectivity index (χ0) is 20.1. The largest absolute Gasteiger partial charge is 0.484 e. The van der Waals surface area contributed by atoms with Crippen molar-refractivity contribution in [3.63, 3.8) is 0 Å². The summed E-state index contributed by atoms with van der Waals surface area (Å²) in [5.74, 6) is -0.268. The van der Waals surface area contributed by atoms with Gasteiger partial charge >= 0.3 is 0 Å². The summed E-state index contributed by atoms with van der Waals surface area (Å²) in [6.45, 7) is 4.13. The van der Waals surface area contributed by atoms with Crippen LogP contribution in [0.4, 0.5) is 5.69 Å². The summed E-state index contributed by atoms with van der Waals surface area (Å²) >= 11 is 0. The minimum absolute atomic E-state index is 0.190. The number of hydrogen-bond acceptors (Lipinski definition) is 4. The lowest BCUT2D eigenvalue weighted by Crippen LogP contribution is -2.20.